The van der Waals surface area contributed by atoms with Gasteiger partial charge in [-0.15, -0.1) is 11.3 Å². The summed E-state index contributed by atoms with van der Waals surface area (Å²) in [6, 6.07) is 16.5. The number of hydrogen-bond acceptors (Lipinski definition) is 6. The summed E-state index contributed by atoms with van der Waals surface area (Å²) < 4.78 is 10.7. The van der Waals surface area contributed by atoms with Crippen molar-refractivity contribution in [2.45, 2.75) is 13.3 Å². The second kappa shape index (κ2) is 8.65. The summed E-state index contributed by atoms with van der Waals surface area (Å²) in [6.07, 6.45) is 0.923. The quantitative estimate of drug-likeness (QED) is 0.545. The first-order valence-electron chi connectivity index (χ1n) is 9.82. The van der Waals surface area contributed by atoms with E-state index in [9.17, 15) is 9.59 Å². The first-order chi connectivity index (χ1) is 15.1. The number of benzene rings is 2. The van der Waals surface area contributed by atoms with E-state index in [1.165, 1.54) is 24.0 Å². The fourth-order valence-electron chi connectivity index (χ4n) is 3.45. The van der Waals surface area contributed by atoms with Crippen LogP contribution in [0.2, 0.25) is 0 Å². The Morgan fingerprint density at radius 2 is 1.74 bits per heavy atom. The monoisotopic (exact) mass is 434 g/mol. The lowest BCUT2D eigenvalue weighted by Crippen LogP contribution is -2.32. The molecule has 1 aliphatic heterocycles. The van der Waals surface area contributed by atoms with Crippen LogP contribution in [0.5, 0.6) is 11.5 Å². The minimum atomic E-state index is -0.434. The average molecular weight is 435 g/mol. The maximum Gasteiger partial charge on any atom is 0.282 e. The topological polar surface area (TPSA) is 67.9 Å². The van der Waals surface area contributed by atoms with Crippen LogP contribution in [0.15, 0.2) is 65.7 Å². The molecule has 0 fully saturated rings. The molecule has 2 aromatic carbocycles. The van der Waals surface area contributed by atoms with Crippen LogP contribution in [0.25, 0.3) is 5.57 Å². The van der Waals surface area contributed by atoms with Gasteiger partial charge in [0.15, 0.2) is 0 Å². The zero-order valence-electron chi connectivity index (χ0n) is 17.5. The first kappa shape index (κ1) is 20.7. The second-order valence-corrected chi connectivity index (χ2v) is 7.83. The molecule has 31 heavy (non-hydrogen) atoms. The molecule has 0 atom stereocenters. The van der Waals surface area contributed by atoms with Crippen molar-refractivity contribution in [1.29, 1.82) is 0 Å². The molecule has 1 aliphatic rings. The molecule has 2 amide bonds. The van der Waals surface area contributed by atoms with Gasteiger partial charge in [0.25, 0.3) is 11.8 Å². The number of carbonyl (C=O) groups is 2. The average Bonchev–Trinajstić information content (AvgIpc) is 3.40. The summed E-state index contributed by atoms with van der Waals surface area (Å²) in [4.78, 5) is 28.8. The van der Waals surface area contributed by atoms with Crippen molar-refractivity contribution in [3.05, 3.63) is 76.1 Å². The predicted octanol–water partition coefficient (Wildman–Crippen LogP) is 4.72. The lowest BCUT2D eigenvalue weighted by Gasteiger charge is -2.19. The number of rotatable bonds is 7. The summed E-state index contributed by atoms with van der Waals surface area (Å²) in [5.41, 5.74) is 2.89. The Labute approximate surface area is 184 Å². The maximum atomic E-state index is 13.5. The summed E-state index contributed by atoms with van der Waals surface area (Å²) in [6.45, 7) is 2.08. The molecule has 0 radical (unpaired) electrons. The van der Waals surface area contributed by atoms with Crippen LogP contribution in [-0.2, 0) is 16.0 Å². The zero-order valence-corrected chi connectivity index (χ0v) is 18.3. The van der Waals surface area contributed by atoms with Crippen LogP contribution in [0.1, 0.15) is 17.4 Å². The standard InChI is InChI=1S/C24H22N2O4S/c1-4-15-7-9-16(10-8-15)25-22-21(20-6-5-13-31-20)23(27)26(24(22)28)18-12-11-17(29-2)14-19(18)30-3/h5-14,25H,4H2,1-3H3. The van der Waals surface area contributed by atoms with Crippen molar-refractivity contribution in [3.8, 4) is 11.5 Å². The van der Waals surface area contributed by atoms with Gasteiger partial charge in [0, 0.05) is 16.6 Å². The molecule has 6 nitrogen and oxygen atoms in total. The number of nitrogens with one attached hydrogen (secondary N) is 1. The Morgan fingerprint density at radius 1 is 0.968 bits per heavy atom. The summed E-state index contributed by atoms with van der Waals surface area (Å²) in [5, 5.41) is 5.06. The molecule has 0 saturated heterocycles. The number of thiophene rings is 1. The molecular weight excluding hydrogens is 412 g/mol. The highest BCUT2D eigenvalue weighted by Gasteiger charge is 2.41. The van der Waals surface area contributed by atoms with Crippen LogP contribution in [0, 0.1) is 0 Å². The first-order valence-corrected chi connectivity index (χ1v) is 10.7. The van der Waals surface area contributed by atoms with Gasteiger partial charge in [-0.3, -0.25) is 9.59 Å². The number of hydrogen-bond donors (Lipinski definition) is 1. The van der Waals surface area contributed by atoms with Gasteiger partial charge in [-0.2, -0.15) is 0 Å². The molecule has 0 unspecified atom stereocenters. The molecular formula is C24H22N2O4S. The van der Waals surface area contributed by atoms with E-state index in [2.05, 4.69) is 12.2 Å². The predicted molar refractivity (Wildman–Crippen MR) is 123 cm³/mol. The number of imide groups is 1. The molecule has 0 saturated carbocycles. The SMILES string of the molecule is CCc1ccc(NC2=C(c3cccs3)C(=O)N(c3ccc(OC)cc3OC)C2=O)cc1. The van der Waals surface area contributed by atoms with E-state index in [1.807, 2.05) is 41.8 Å². The Hall–Kier alpha value is -3.58. The van der Waals surface area contributed by atoms with Crippen LogP contribution in [-0.4, -0.2) is 26.0 Å². The Balaban J connectivity index is 1.78. The third-order valence-corrected chi connectivity index (χ3v) is 6.00. The van der Waals surface area contributed by atoms with Crippen LogP contribution < -0.4 is 19.7 Å². The lowest BCUT2D eigenvalue weighted by atomic mass is 10.1. The van der Waals surface area contributed by atoms with Crippen molar-refractivity contribution in [2.75, 3.05) is 24.4 Å². The van der Waals surface area contributed by atoms with E-state index in [0.717, 1.165) is 21.9 Å². The van der Waals surface area contributed by atoms with Crippen molar-refractivity contribution in [2.24, 2.45) is 0 Å². The second-order valence-electron chi connectivity index (χ2n) is 6.89. The van der Waals surface area contributed by atoms with Crippen molar-refractivity contribution < 1.29 is 19.1 Å². The van der Waals surface area contributed by atoms with Crippen molar-refractivity contribution in [3.63, 3.8) is 0 Å². The van der Waals surface area contributed by atoms with Gasteiger partial charge in [-0.05, 0) is 47.7 Å². The number of amides is 2. The number of ether oxygens (including phenoxy) is 2. The molecule has 0 aliphatic carbocycles. The van der Waals surface area contributed by atoms with E-state index in [1.54, 1.807) is 25.3 Å². The maximum absolute atomic E-state index is 13.5. The van der Waals surface area contributed by atoms with E-state index < -0.39 is 11.8 Å². The van der Waals surface area contributed by atoms with Crippen LogP contribution in [0.4, 0.5) is 11.4 Å². The summed E-state index contributed by atoms with van der Waals surface area (Å²) >= 11 is 1.41. The number of methoxy groups -OCH3 is 2. The van der Waals surface area contributed by atoms with Crippen LogP contribution >= 0.6 is 11.3 Å². The molecule has 2 heterocycles. The molecule has 1 N–H and O–H groups in total. The van der Waals surface area contributed by atoms with Gasteiger partial charge < -0.3 is 14.8 Å². The fourth-order valence-corrected chi connectivity index (χ4v) is 4.22. The van der Waals surface area contributed by atoms with Crippen LogP contribution in [0.3, 0.4) is 0 Å². The Morgan fingerprint density at radius 3 is 2.35 bits per heavy atom. The Kier molecular flexibility index (Phi) is 5.77. The largest absolute Gasteiger partial charge is 0.497 e. The van der Waals surface area contributed by atoms with E-state index in [-0.39, 0.29) is 5.70 Å². The third kappa shape index (κ3) is 3.80. The highest BCUT2D eigenvalue weighted by atomic mass is 32.1. The van der Waals surface area contributed by atoms with Crippen molar-refractivity contribution in [1.82, 2.24) is 0 Å². The van der Waals surface area contributed by atoms with E-state index >= 15 is 0 Å². The summed E-state index contributed by atoms with van der Waals surface area (Å²) in [5.74, 6) is 0.112. The molecule has 158 valence electrons. The van der Waals surface area contributed by atoms with E-state index in [4.69, 9.17) is 9.47 Å². The third-order valence-electron chi connectivity index (χ3n) is 5.11. The number of nitrogens with zero attached hydrogens (tertiary/aromatic N) is 1. The Bertz CT molecular complexity index is 1150. The number of aryl methyl sites for hydroxylation is 1. The number of carbonyl (C=O) groups excluding carboxylic acids is 2. The minimum absolute atomic E-state index is 0.245. The van der Waals surface area contributed by atoms with Gasteiger partial charge in [-0.1, -0.05) is 25.1 Å². The normalized spacial score (nSPS) is 13.7. The van der Waals surface area contributed by atoms with E-state index in [0.29, 0.717) is 22.8 Å². The molecule has 3 aromatic rings. The highest BCUT2D eigenvalue weighted by molar-refractivity contribution is 7.11. The van der Waals surface area contributed by atoms with Gasteiger partial charge in [0.1, 0.15) is 17.2 Å². The zero-order chi connectivity index (χ0) is 22.0. The summed E-state index contributed by atoms with van der Waals surface area (Å²) in [7, 11) is 3.04. The van der Waals surface area contributed by atoms with Gasteiger partial charge in [0.05, 0.1) is 25.5 Å². The molecule has 4 rings (SSSR count). The lowest BCUT2D eigenvalue weighted by molar-refractivity contribution is -0.120. The van der Waals surface area contributed by atoms with Gasteiger partial charge in [-0.25, -0.2) is 4.90 Å². The molecule has 7 heteroatoms. The molecule has 1 aromatic heterocycles. The van der Waals surface area contributed by atoms with Crippen molar-refractivity contribution >= 4 is 40.1 Å². The van der Waals surface area contributed by atoms with Gasteiger partial charge in [0.2, 0.25) is 0 Å². The van der Waals surface area contributed by atoms with Gasteiger partial charge >= 0.3 is 0 Å². The molecule has 0 spiro atoms. The molecule has 0 bridgehead atoms. The fraction of sp³-hybridized carbons (Fsp3) is 0.167. The minimum Gasteiger partial charge on any atom is -0.497 e. The highest BCUT2D eigenvalue weighted by Crippen LogP contribution is 2.40. The smallest absolute Gasteiger partial charge is 0.282 e. The number of anilines is 2.